The molecule has 1 aliphatic rings. The van der Waals surface area contributed by atoms with Gasteiger partial charge in [0.2, 0.25) is 0 Å². The van der Waals surface area contributed by atoms with E-state index in [1.807, 2.05) is 45.0 Å². The third-order valence-electron chi connectivity index (χ3n) is 7.19. The van der Waals surface area contributed by atoms with Crippen molar-refractivity contribution in [1.82, 2.24) is 35.4 Å². The van der Waals surface area contributed by atoms with Crippen molar-refractivity contribution >= 4 is 17.8 Å². The van der Waals surface area contributed by atoms with Gasteiger partial charge in [0.1, 0.15) is 11.4 Å². The largest absolute Gasteiger partial charge is 0.444 e. The first kappa shape index (κ1) is 30.8. The van der Waals surface area contributed by atoms with Crippen LogP contribution in [0.2, 0.25) is 0 Å². The second-order valence-electron chi connectivity index (χ2n) is 11.8. The maximum atomic E-state index is 12.8. The number of rotatable bonds is 11. The van der Waals surface area contributed by atoms with Gasteiger partial charge in [0.15, 0.2) is 5.69 Å². The molecule has 3 aromatic rings. The normalized spacial score (nSPS) is 14.0. The standard InChI is InChI=1S/C31H41N7O4/c1-31(2,3)42-30(41)37-16-13-23(14-17-37)24-9-7-8-22(18-24)19-27(39)20-26-12-11-25(33-34-26)10-5-6-15-38-21-28(35-36-38)29(40)32-4/h7-9,11-12,18,21,23H,5-6,10,13-17,19-20H2,1-4H3,(H,32,40). The molecule has 0 bridgehead atoms. The third kappa shape index (κ3) is 9.19. The summed E-state index contributed by atoms with van der Waals surface area (Å²) < 4.78 is 7.17. The van der Waals surface area contributed by atoms with Crippen LogP contribution in [0.1, 0.15) is 85.4 Å². The number of amides is 2. The van der Waals surface area contributed by atoms with Crippen molar-refractivity contribution in [2.75, 3.05) is 20.1 Å². The van der Waals surface area contributed by atoms with Crippen LogP contribution < -0.4 is 5.32 Å². The Labute approximate surface area is 247 Å². The quantitative estimate of drug-likeness (QED) is 0.340. The first-order chi connectivity index (χ1) is 20.1. The summed E-state index contributed by atoms with van der Waals surface area (Å²) in [7, 11) is 1.56. The van der Waals surface area contributed by atoms with Crippen molar-refractivity contribution in [3.8, 4) is 0 Å². The van der Waals surface area contributed by atoms with Gasteiger partial charge < -0.3 is 15.0 Å². The second-order valence-corrected chi connectivity index (χ2v) is 11.8. The van der Waals surface area contributed by atoms with Crippen molar-refractivity contribution in [3.63, 3.8) is 0 Å². The number of aromatic nitrogens is 5. The molecule has 1 aromatic carbocycles. The van der Waals surface area contributed by atoms with E-state index in [0.717, 1.165) is 43.4 Å². The molecule has 1 saturated heterocycles. The van der Waals surface area contributed by atoms with Crippen molar-refractivity contribution in [2.24, 2.45) is 0 Å². The molecule has 11 nitrogen and oxygen atoms in total. The highest BCUT2D eigenvalue weighted by Gasteiger charge is 2.27. The first-order valence-electron chi connectivity index (χ1n) is 14.6. The summed E-state index contributed by atoms with van der Waals surface area (Å²) in [5.41, 5.74) is 3.55. The highest BCUT2D eigenvalue weighted by atomic mass is 16.6. The lowest BCUT2D eigenvalue weighted by Crippen LogP contribution is -2.41. The number of hydrogen-bond acceptors (Lipinski definition) is 8. The second kappa shape index (κ2) is 14.2. The molecular weight excluding hydrogens is 534 g/mol. The zero-order valence-corrected chi connectivity index (χ0v) is 25.0. The van der Waals surface area contributed by atoms with E-state index in [1.54, 1.807) is 22.8 Å². The van der Waals surface area contributed by atoms with Crippen molar-refractivity contribution < 1.29 is 19.1 Å². The highest BCUT2D eigenvalue weighted by molar-refractivity contribution is 5.91. The maximum absolute atomic E-state index is 12.8. The smallest absolute Gasteiger partial charge is 0.410 e. The van der Waals surface area contributed by atoms with E-state index >= 15 is 0 Å². The molecule has 11 heteroatoms. The van der Waals surface area contributed by atoms with Crippen molar-refractivity contribution in [2.45, 2.75) is 83.8 Å². The molecule has 0 saturated carbocycles. The zero-order valence-electron chi connectivity index (χ0n) is 25.0. The minimum atomic E-state index is -0.496. The fourth-order valence-corrected chi connectivity index (χ4v) is 5.01. The van der Waals surface area contributed by atoms with Gasteiger partial charge in [0.05, 0.1) is 24.0 Å². The molecule has 4 rings (SSSR count). The number of carbonyl (C=O) groups excluding carboxylic acids is 3. The van der Waals surface area contributed by atoms with Crippen molar-refractivity contribution in [1.29, 1.82) is 0 Å². The number of nitrogens with one attached hydrogen (secondary N) is 1. The van der Waals surface area contributed by atoms with Crippen LogP contribution in [0, 0.1) is 0 Å². The van der Waals surface area contributed by atoms with Crippen molar-refractivity contribution in [3.05, 3.63) is 70.8 Å². The van der Waals surface area contributed by atoms with Gasteiger partial charge in [-0.15, -0.1) is 5.10 Å². The predicted molar refractivity (Wildman–Crippen MR) is 157 cm³/mol. The Morgan fingerprint density at radius 1 is 0.976 bits per heavy atom. The lowest BCUT2D eigenvalue weighted by Gasteiger charge is -2.33. The van der Waals surface area contributed by atoms with E-state index in [1.165, 1.54) is 5.56 Å². The lowest BCUT2D eigenvalue weighted by atomic mass is 9.88. The Bertz CT molecular complexity index is 1360. The lowest BCUT2D eigenvalue weighted by molar-refractivity contribution is -0.117. The van der Waals surface area contributed by atoms with Gasteiger partial charge >= 0.3 is 6.09 Å². The summed E-state index contributed by atoms with van der Waals surface area (Å²) in [6.45, 7) is 7.63. The number of likely N-dealkylation sites (tertiary alicyclic amines) is 1. The topological polar surface area (TPSA) is 132 Å². The summed E-state index contributed by atoms with van der Waals surface area (Å²) in [4.78, 5) is 38.6. The summed E-state index contributed by atoms with van der Waals surface area (Å²) >= 11 is 0. The predicted octanol–water partition coefficient (Wildman–Crippen LogP) is 3.92. The molecule has 3 heterocycles. The maximum Gasteiger partial charge on any atom is 0.410 e. The van der Waals surface area contributed by atoms with E-state index in [4.69, 9.17) is 4.74 Å². The van der Waals surface area contributed by atoms with E-state index in [-0.39, 0.29) is 24.2 Å². The Morgan fingerprint density at radius 3 is 2.40 bits per heavy atom. The summed E-state index contributed by atoms with van der Waals surface area (Å²) in [5.74, 6) is 0.198. The molecule has 0 unspecified atom stereocenters. The van der Waals surface area contributed by atoms with Crippen LogP contribution in [0.5, 0.6) is 0 Å². The number of unbranched alkanes of at least 4 members (excludes halogenated alkanes) is 1. The number of nitrogens with zero attached hydrogens (tertiary/aromatic N) is 6. The zero-order chi connectivity index (χ0) is 30.1. The first-order valence-corrected chi connectivity index (χ1v) is 14.6. The van der Waals surface area contributed by atoms with E-state index < -0.39 is 5.60 Å². The van der Waals surface area contributed by atoms with Crippen LogP contribution in [0.15, 0.2) is 42.6 Å². The van der Waals surface area contributed by atoms with Gasteiger partial charge in [-0.2, -0.15) is 10.2 Å². The molecule has 1 aliphatic heterocycles. The van der Waals surface area contributed by atoms with Gasteiger partial charge in [-0.05, 0) is 82.1 Å². The third-order valence-corrected chi connectivity index (χ3v) is 7.19. The highest BCUT2D eigenvalue weighted by Crippen LogP contribution is 2.29. The fraction of sp³-hybridized carbons (Fsp3) is 0.516. The molecule has 0 spiro atoms. The van der Waals surface area contributed by atoms with Crippen LogP contribution in [0.3, 0.4) is 0 Å². The Hall–Kier alpha value is -4.15. The summed E-state index contributed by atoms with van der Waals surface area (Å²) in [6, 6.07) is 12.0. The van der Waals surface area contributed by atoms with Gasteiger partial charge in [0, 0.05) is 33.1 Å². The average molecular weight is 576 g/mol. The summed E-state index contributed by atoms with van der Waals surface area (Å²) in [5, 5.41) is 19.0. The molecule has 0 aliphatic carbocycles. The van der Waals surface area contributed by atoms with Gasteiger partial charge in [-0.25, -0.2) is 4.79 Å². The molecular formula is C31H41N7O4. The molecule has 2 amide bonds. The van der Waals surface area contributed by atoms with Crippen LogP contribution in [-0.4, -0.2) is 73.6 Å². The Balaban J connectivity index is 1.19. The van der Waals surface area contributed by atoms with Gasteiger partial charge in [0.25, 0.3) is 5.91 Å². The number of hydrogen-bond donors (Lipinski definition) is 1. The van der Waals surface area contributed by atoms with E-state index in [0.29, 0.717) is 43.4 Å². The molecule has 0 atom stereocenters. The van der Waals surface area contributed by atoms with Gasteiger partial charge in [-0.1, -0.05) is 29.5 Å². The van der Waals surface area contributed by atoms with Crippen LogP contribution in [-0.2, 0) is 35.3 Å². The van der Waals surface area contributed by atoms with Crippen LogP contribution in [0.4, 0.5) is 4.79 Å². The number of ketones is 1. The number of piperidine rings is 1. The van der Waals surface area contributed by atoms with E-state index in [2.05, 4.69) is 38.0 Å². The minimum Gasteiger partial charge on any atom is -0.444 e. The Morgan fingerprint density at radius 2 is 1.71 bits per heavy atom. The molecule has 0 radical (unpaired) electrons. The number of carbonyl (C=O) groups is 3. The minimum absolute atomic E-state index is 0.0953. The average Bonchev–Trinajstić information content (AvgIpc) is 3.44. The number of aryl methyl sites for hydroxylation is 2. The van der Waals surface area contributed by atoms with E-state index in [9.17, 15) is 14.4 Å². The number of ether oxygens (including phenoxy) is 1. The SMILES string of the molecule is CNC(=O)c1cn(CCCCc2ccc(CC(=O)Cc3cccc(C4CCN(C(=O)OC(C)(C)C)CC4)c3)nn2)nn1. The van der Waals surface area contributed by atoms with Gasteiger partial charge in [-0.3, -0.25) is 14.3 Å². The molecule has 224 valence electrons. The molecule has 1 N–H and O–H groups in total. The number of benzene rings is 1. The summed E-state index contributed by atoms with van der Waals surface area (Å²) in [6.07, 6.45) is 6.23. The fourth-order valence-electron chi connectivity index (χ4n) is 5.01. The van der Waals surface area contributed by atoms with Crippen LogP contribution >= 0.6 is 0 Å². The molecule has 2 aromatic heterocycles. The van der Waals surface area contributed by atoms with Crippen LogP contribution in [0.25, 0.3) is 0 Å². The number of Topliss-reactive ketones (excluding diaryl/α,β-unsaturated/α-hetero) is 1. The Kier molecular flexibility index (Phi) is 10.4. The molecule has 1 fully saturated rings. The molecule has 42 heavy (non-hydrogen) atoms. The monoisotopic (exact) mass is 575 g/mol.